The van der Waals surface area contributed by atoms with Crippen LogP contribution in [0.1, 0.15) is 34.1 Å². The van der Waals surface area contributed by atoms with Gasteiger partial charge in [0.2, 0.25) is 0 Å². The van der Waals surface area contributed by atoms with Crippen molar-refractivity contribution in [3.05, 3.63) is 30.3 Å². The van der Waals surface area contributed by atoms with Crippen molar-refractivity contribution in [1.29, 1.82) is 0 Å². The molecule has 2 rings (SSSR count). The molecule has 0 amide bonds. The van der Waals surface area contributed by atoms with Crippen molar-refractivity contribution in [2.24, 2.45) is 0 Å². The van der Waals surface area contributed by atoms with Gasteiger partial charge in [-0.25, -0.2) is 0 Å². The summed E-state index contributed by atoms with van der Waals surface area (Å²) in [5, 5.41) is 1.20. The molecule has 1 saturated heterocycles. The van der Waals surface area contributed by atoms with Crippen LogP contribution in [0.3, 0.4) is 0 Å². The van der Waals surface area contributed by atoms with E-state index in [-0.39, 0.29) is 12.2 Å². The van der Waals surface area contributed by atoms with Gasteiger partial charge in [0.05, 0.1) is 13.2 Å². The first-order valence-electron chi connectivity index (χ1n) is 8.62. The summed E-state index contributed by atoms with van der Waals surface area (Å²) < 4.78 is 23.7. The van der Waals surface area contributed by atoms with Gasteiger partial charge in [-0.15, -0.1) is 0 Å². The smallest absolute Gasteiger partial charge is 0.373 e. The summed E-state index contributed by atoms with van der Waals surface area (Å²) in [7, 11) is -2.47. The Kier molecular flexibility index (Phi) is 7.24. The van der Waals surface area contributed by atoms with E-state index in [0.717, 1.165) is 25.7 Å². The average Bonchev–Trinajstić information content (AvgIpc) is 3.30. The Labute approximate surface area is 141 Å². The molecule has 1 fully saturated rings. The Morgan fingerprint density at radius 2 is 1.70 bits per heavy atom. The molecule has 1 aromatic carbocycles. The molecule has 0 aliphatic carbocycles. The maximum absolute atomic E-state index is 6.41. The number of benzene rings is 1. The minimum Gasteiger partial charge on any atom is -0.388 e. The topological polar surface area (TPSA) is 40.2 Å². The SMILES string of the molecule is CC(C)O[Si](CCCOCC1CO1)(OC(C)C)c1ccccc1. The summed E-state index contributed by atoms with van der Waals surface area (Å²) in [4.78, 5) is 0. The lowest BCUT2D eigenvalue weighted by atomic mass is 10.4. The molecule has 1 heterocycles. The van der Waals surface area contributed by atoms with E-state index >= 15 is 0 Å². The second-order valence-corrected chi connectivity index (χ2v) is 9.64. The van der Waals surface area contributed by atoms with Gasteiger partial charge in [-0.1, -0.05) is 30.3 Å². The van der Waals surface area contributed by atoms with Crippen LogP contribution in [0, 0.1) is 0 Å². The lowest BCUT2D eigenvalue weighted by molar-refractivity contribution is 0.1000. The van der Waals surface area contributed by atoms with Gasteiger partial charge in [-0.3, -0.25) is 0 Å². The highest BCUT2D eigenvalue weighted by Crippen LogP contribution is 2.21. The van der Waals surface area contributed by atoms with Gasteiger partial charge in [-0.2, -0.15) is 0 Å². The molecular weight excluding hydrogens is 308 g/mol. The first-order valence-corrected chi connectivity index (χ1v) is 10.6. The van der Waals surface area contributed by atoms with Crippen LogP contribution in [-0.4, -0.2) is 46.7 Å². The van der Waals surface area contributed by atoms with Crippen LogP contribution in [0.25, 0.3) is 0 Å². The molecule has 0 N–H and O–H groups in total. The van der Waals surface area contributed by atoms with Crippen molar-refractivity contribution in [2.75, 3.05) is 19.8 Å². The molecule has 4 nitrogen and oxygen atoms in total. The van der Waals surface area contributed by atoms with E-state index in [9.17, 15) is 0 Å². The first kappa shape index (κ1) is 18.6. The van der Waals surface area contributed by atoms with E-state index in [2.05, 4.69) is 52.0 Å². The molecule has 0 bridgehead atoms. The summed E-state index contributed by atoms with van der Waals surface area (Å²) in [5.74, 6) is 0. The second kappa shape index (κ2) is 8.94. The number of hydrogen-bond donors (Lipinski definition) is 0. The van der Waals surface area contributed by atoms with Crippen LogP contribution < -0.4 is 5.19 Å². The summed E-state index contributed by atoms with van der Waals surface area (Å²) in [6.45, 7) is 10.6. The molecule has 0 aromatic heterocycles. The predicted molar refractivity (Wildman–Crippen MR) is 94.3 cm³/mol. The molecule has 23 heavy (non-hydrogen) atoms. The van der Waals surface area contributed by atoms with Crippen LogP contribution in [0.15, 0.2) is 30.3 Å². The highest BCUT2D eigenvalue weighted by atomic mass is 28.4. The summed E-state index contributed by atoms with van der Waals surface area (Å²) in [6, 6.07) is 11.3. The van der Waals surface area contributed by atoms with Crippen molar-refractivity contribution in [2.45, 2.75) is 58.5 Å². The molecule has 1 aromatic rings. The Morgan fingerprint density at radius 1 is 1.09 bits per heavy atom. The largest absolute Gasteiger partial charge is 0.388 e. The lowest BCUT2D eigenvalue weighted by Gasteiger charge is -2.34. The molecule has 130 valence electrons. The van der Waals surface area contributed by atoms with Crippen LogP contribution >= 0.6 is 0 Å². The third-order valence-corrected chi connectivity index (χ3v) is 7.50. The van der Waals surface area contributed by atoms with Crippen molar-refractivity contribution in [1.82, 2.24) is 0 Å². The fourth-order valence-corrected chi connectivity index (χ4v) is 6.35. The van der Waals surface area contributed by atoms with E-state index < -0.39 is 8.56 Å². The number of epoxide rings is 1. The lowest BCUT2D eigenvalue weighted by Crippen LogP contribution is -2.56. The maximum atomic E-state index is 6.41. The monoisotopic (exact) mass is 338 g/mol. The van der Waals surface area contributed by atoms with Gasteiger partial charge in [0, 0.05) is 18.8 Å². The molecule has 1 aliphatic heterocycles. The van der Waals surface area contributed by atoms with Crippen molar-refractivity contribution < 1.29 is 18.3 Å². The quantitative estimate of drug-likeness (QED) is 0.353. The molecule has 1 aliphatic rings. The van der Waals surface area contributed by atoms with Crippen LogP contribution in [0.2, 0.25) is 6.04 Å². The zero-order valence-electron chi connectivity index (χ0n) is 14.8. The van der Waals surface area contributed by atoms with Crippen molar-refractivity contribution >= 4 is 13.7 Å². The van der Waals surface area contributed by atoms with Crippen LogP contribution in [-0.2, 0) is 18.3 Å². The van der Waals surface area contributed by atoms with Gasteiger partial charge in [0.25, 0.3) is 0 Å². The normalized spacial score (nSPS) is 17.9. The highest BCUT2D eigenvalue weighted by molar-refractivity contribution is 6.81. The van der Waals surface area contributed by atoms with Gasteiger partial charge < -0.3 is 18.3 Å². The van der Waals surface area contributed by atoms with Crippen molar-refractivity contribution in [3.63, 3.8) is 0 Å². The van der Waals surface area contributed by atoms with Gasteiger partial charge in [-0.05, 0) is 45.3 Å². The zero-order valence-corrected chi connectivity index (χ0v) is 15.8. The first-order chi connectivity index (χ1) is 11.0. The molecule has 0 saturated carbocycles. The Hall–Kier alpha value is -0.723. The standard InChI is InChI=1S/C18H30O4Si/c1-15(2)21-23(22-16(3)4,18-9-6-5-7-10-18)12-8-11-19-13-17-14-20-17/h5-7,9-10,15-17H,8,11-14H2,1-4H3. The van der Waals surface area contributed by atoms with Crippen LogP contribution in [0.5, 0.6) is 0 Å². The second-order valence-electron chi connectivity index (χ2n) is 6.59. The molecule has 0 spiro atoms. The van der Waals surface area contributed by atoms with Gasteiger partial charge in [0.15, 0.2) is 0 Å². The number of ether oxygens (including phenoxy) is 2. The fourth-order valence-electron chi connectivity index (χ4n) is 2.67. The molecule has 5 heteroatoms. The molecule has 1 atom stereocenters. The zero-order chi connectivity index (χ0) is 16.7. The van der Waals surface area contributed by atoms with E-state index in [1.54, 1.807) is 0 Å². The fraction of sp³-hybridized carbons (Fsp3) is 0.667. The van der Waals surface area contributed by atoms with Gasteiger partial charge >= 0.3 is 8.56 Å². The van der Waals surface area contributed by atoms with Crippen molar-refractivity contribution in [3.8, 4) is 0 Å². The number of rotatable bonds is 11. The molecular formula is C18H30O4Si. The van der Waals surface area contributed by atoms with E-state index in [1.807, 2.05) is 6.07 Å². The summed E-state index contributed by atoms with van der Waals surface area (Å²) in [5.41, 5.74) is 0. The van der Waals surface area contributed by atoms with Crippen LogP contribution in [0.4, 0.5) is 0 Å². The third-order valence-electron chi connectivity index (χ3n) is 3.57. The van der Waals surface area contributed by atoms with E-state index in [1.165, 1.54) is 5.19 Å². The Morgan fingerprint density at radius 3 is 2.22 bits per heavy atom. The Bertz CT molecular complexity index is 436. The van der Waals surface area contributed by atoms with E-state index in [4.69, 9.17) is 18.3 Å². The minimum atomic E-state index is -2.47. The molecule has 1 unspecified atom stereocenters. The number of hydrogen-bond acceptors (Lipinski definition) is 4. The van der Waals surface area contributed by atoms with E-state index in [0.29, 0.717) is 12.7 Å². The van der Waals surface area contributed by atoms with Gasteiger partial charge in [0.1, 0.15) is 6.10 Å². The summed E-state index contributed by atoms with van der Waals surface area (Å²) >= 11 is 0. The predicted octanol–water partition coefficient (Wildman–Crippen LogP) is 2.99. The average molecular weight is 339 g/mol. The molecule has 0 radical (unpaired) electrons. The maximum Gasteiger partial charge on any atom is 0.373 e. The summed E-state index contributed by atoms with van der Waals surface area (Å²) in [6.07, 6.45) is 1.54. The third kappa shape index (κ3) is 6.35. The Balaban J connectivity index is 2.03. The minimum absolute atomic E-state index is 0.140. The highest BCUT2D eigenvalue weighted by Gasteiger charge is 2.41.